The van der Waals surface area contributed by atoms with Crippen molar-refractivity contribution in [1.29, 1.82) is 0 Å². The van der Waals surface area contributed by atoms with Gasteiger partial charge in [-0.15, -0.1) is 0 Å². The Kier molecular flexibility index (Phi) is 6.43. The maximum Gasteiger partial charge on any atom is 0.300 e. The number of anilines is 1. The Labute approximate surface area is 204 Å². The number of carbonyl (C=O) groups excluding carboxylic acids is 2. The summed E-state index contributed by atoms with van der Waals surface area (Å²) in [5.74, 6) is -0.497. The first-order valence-corrected chi connectivity index (χ1v) is 11.4. The molecule has 1 saturated heterocycles. The lowest BCUT2D eigenvalue weighted by molar-refractivity contribution is -0.132. The number of carbonyl (C=O) groups is 2. The number of Topliss-reactive ketones (excluding diaryl/α,β-unsaturated/α-hetero) is 1. The molecule has 1 aliphatic rings. The fourth-order valence-corrected chi connectivity index (χ4v) is 4.19. The van der Waals surface area contributed by atoms with Crippen LogP contribution >= 0.6 is 0 Å². The monoisotopic (exact) mass is 475 g/mol. The smallest absolute Gasteiger partial charge is 0.300 e. The second kappa shape index (κ2) is 9.33. The summed E-state index contributed by atoms with van der Waals surface area (Å²) in [6.45, 7) is 8.53. The topological polar surface area (TPSA) is 89.2 Å². The number of hydrogen-bond acceptors (Lipinski definition) is 6. The van der Waals surface area contributed by atoms with E-state index in [2.05, 4.69) is 0 Å². The molecule has 1 fully saturated rings. The van der Waals surface area contributed by atoms with Crippen molar-refractivity contribution in [3.05, 3.63) is 83.3 Å². The quantitative estimate of drug-likeness (QED) is 0.283. The zero-order valence-corrected chi connectivity index (χ0v) is 20.5. The molecule has 7 nitrogen and oxygen atoms in total. The molecule has 1 N–H and O–H groups in total. The van der Waals surface area contributed by atoms with E-state index in [4.69, 9.17) is 13.9 Å². The molecule has 1 aromatic heterocycles. The minimum absolute atomic E-state index is 0.0665. The summed E-state index contributed by atoms with van der Waals surface area (Å²) in [5, 5.41) is 11.5. The maximum absolute atomic E-state index is 13.3. The van der Waals surface area contributed by atoms with Crippen molar-refractivity contribution in [2.24, 2.45) is 0 Å². The maximum atomic E-state index is 13.3. The number of hydrogen-bond donors (Lipinski definition) is 1. The van der Waals surface area contributed by atoms with E-state index in [0.29, 0.717) is 35.1 Å². The molecule has 0 spiro atoms. The molecule has 1 unspecified atom stereocenters. The molecule has 0 bridgehead atoms. The van der Waals surface area contributed by atoms with E-state index in [-0.39, 0.29) is 16.7 Å². The Hall–Kier alpha value is -4.00. The van der Waals surface area contributed by atoms with E-state index in [9.17, 15) is 14.7 Å². The summed E-state index contributed by atoms with van der Waals surface area (Å²) in [7, 11) is 1.49. The van der Waals surface area contributed by atoms with Crippen LogP contribution in [-0.4, -0.2) is 30.5 Å². The number of rotatable bonds is 6. The molecule has 0 saturated carbocycles. The summed E-state index contributed by atoms with van der Waals surface area (Å²) < 4.78 is 16.6. The first-order valence-electron chi connectivity index (χ1n) is 11.4. The second-order valence-electron chi connectivity index (χ2n) is 9.28. The second-order valence-corrected chi connectivity index (χ2v) is 9.28. The molecule has 182 valence electrons. The number of ether oxygens (including phenoxy) is 2. The Morgan fingerprint density at radius 2 is 1.80 bits per heavy atom. The lowest BCUT2D eigenvalue weighted by atomic mass is 9.85. The predicted octanol–water partition coefficient (Wildman–Crippen LogP) is 5.61. The number of amides is 1. The summed E-state index contributed by atoms with van der Waals surface area (Å²) in [5.41, 5.74) is 1.47. The largest absolute Gasteiger partial charge is 0.507 e. The van der Waals surface area contributed by atoms with Crippen molar-refractivity contribution < 1.29 is 28.6 Å². The highest BCUT2D eigenvalue weighted by Gasteiger charge is 2.48. The van der Waals surface area contributed by atoms with E-state index in [1.807, 2.05) is 33.8 Å². The van der Waals surface area contributed by atoms with Crippen molar-refractivity contribution in [2.75, 3.05) is 18.6 Å². The highest BCUT2D eigenvalue weighted by Crippen LogP contribution is 2.44. The van der Waals surface area contributed by atoms with Crippen molar-refractivity contribution >= 4 is 23.1 Å². The zero-order valence-electron chi connectivity index (χ0n) is 20.5. The van der Waals surface area contributed by atoms with E-state index in [1.165, 1.54) is 18.3 Å². The molecule has 35 heavy (non-hydrogen) atoms. The van der Waals surface area contributed by atoms with Crippen LogP contribution in [0.4, 0.5) is 5.69 Å². The lowest BCUT2D eigenvalue weighted by Crippen LogP contribution is -2.29. The van der Waals surface area contributed by atoms with Crippen molar-refractivity contribution in [1.82, 2.24) is 0 Å². The number of aliphatic hydroxyl groups is 1. The number of nitrogens with zero attached hydrogens (tertiary/aromatic N) is 1. The van der Waals surface area contributed by atoms with Gasteiger partial charge in [0, 0.05) is 5.69 Å². The number of ketones is 1. The van der Waals surface area contributed by atoms with Crippen LogP contribution in [0.5, 0.6) is 11.5 Å². The van der Waals surface area contributed by atoms with Crippen LogP contribution in [-0.2, 0) is 15.0 Å². The van der Waals surface area contributed by atoms with E-state index in [1.54, 1.807) is 48.5 Å². The Morgan fingerprint density at radius 3 is 2.37 bits per heavy atom. The van der Waals surface area contributed by atoms with Crippen molar-refractivity contribution in [3.63, 3.8) is 0 Å². The number of furan rings is 1. The standard InChI is InChI=1S/C28H29NO6/c1-6-34-19-12-10-18(11-13-19)29-24(22-8-7-15-35-22)23(26(31)27(29)32)25(30)20-16-17(28(2,3)4)9-14-21(20)33-5/h7-16,24,30H,6H2,1-5H3/b25-23+. The van der Waals surface area contributed by atoms with Crippen molar-refractivity contribution in [3.8, 4) is 11.5 Å². The van der Waals surface area contributed by atoms with Crippen molar-refractivity contribution in [2.45, 2.75) is 39.2 Å². The average molecular weight is 476 g/mol. The van der Waals surface area contributed by atoms with Crippen LogP contribution < -0.4 is 14.4 Å². The van der Waals surface area contributed by atoms with Gasteiger partial charge in [-0.25, -0.2) is 0 Å². The van der Waals surface area contributed by atoms with Gasteiger partial charge in [0.25, 0.3) is 11.7 Å². The van der Waals surface area contributed by atoms with Gasteiger partial charge in [-0.2, -0.15) is 0 Å². The lowest BCUT2D eigenvalue weighted by Gasteiger charge is -2.24. The minimum Gasteiger partial charge on any atom is -0.507 e. The van der Waals surface area contributed by atoms with E-state index >= 15 is 0 Å². The third-order valence-corrected chi connectivity index (χ3v) is 6.00. The molecule has 0 aliphatic carbocycles. The van der Waals surface area contributed by atoms with Gasteiger partial charge in [-0.3, -0.25) is 14.5 Å². The SMILES string of the molecule is CCOc1ccc(N2C(=O)C(=O)/C(=C(/O)c3cc(C(C)(C)C)ccc3OC)C2c2ccco2)cc1. The van der Waals surface area contributed by atoms with Crippen LogP contribution in [0.25, 0.3) is 5.76 Å². The molecule has 1 aliphatic heterocycles. The minimum atomic E-state index is -0.953. The van der Waals surface area contributed by atoms with E-state index < -0.39 is 17.7 Å². The fourth-order valence-electron chi connectivity index (χ4n) is 4.19. The van der Waals surface area contributed by atoms with Gasteiger partial charge < -0.3 is 19.0 Å². The molecule has 1 atom stereocenters. The normalized spacial score (nSPS) is 17.6. The fraction of sp³-hybridized carbons (Fsp3) is 0.286. The van der Waals surface area contributed by atoms with Crippen LogP contribution in [0.3, 0.4) is 0 Å². The van der Waals surface area contributed by atoms with Gasteiger partial charge in [0.15, 0.2) is 0 Å². The molecular weight excluding hydrogens is 446 g/mol. The third kappa shape index (κ3) is 4.41. The summed E-state index contributed by atoms with van der Waals surface area (Å²) in [4.78, 5) is 28.0. The number of benzene rings is 2. The molecule has 0 radical (unpaired) electrons. The number of methoxy groups -OCH3 is 1. The van der Waals surface area contributed by atoms with Gasteiger partial charge in [0.2, 0.25) is 0 Å². The first kappa shape index (κ1) is 24.1. The Morgan fingerprint density at radius 1 is 1.09 bits per heavy atom. The summed E-state index contributed by atoms with van der Waals surface area (Å²) in [6, 6.07) is 14.7. The summed E-state index contributed by atoms with van der Waals surface area (Å²) >= 11 is 0. The van der Waals surface area contributed by atoms with Crippen LogP contribution in [0.1, 0.15) is 50.6 Å². The van der Waals surface area contributed by atoms with Gasteiger partial charge in [-0.1, -0.05) is 26.8 Å². The van der Waals surface area contributed by atoms with Crippen LogP contribution in [0, 0.1) is 0 Å². The first-order chi connectivity index (χ1) is 16.7. The van der Waals surface area contributed by atoms with Gasteiger partial charge in [0.1, 0.15) is 29.1 Å². The average Bonchev–Trinajstić information content (AvgIpc) is 3.45. The Bertz CT molecular complexity index is 1270. The highest BCUT2D eigenvalue weighted by atomic mass is 16.5. The Balaban J connectivity index is 1.91. The highest BCUT2D eigenvalue weighted by molar-refractivity contribution is 6.51. The van der Waals surface area contributed by atoms with Crippen LogP contribution in [0.15, 0.2) is 70.9 Å². The van der Waals surface area contributed by atoms with E-state index in [0.717, 1.165) is 5.56 Å². The van der Waals surface area contributed by atoms with Gasteiger partial charge in [-0.05, 0) is 66.4 Å². The predicted molar refractivity (Wildman–Crippen MR) is 133 cm³/mol. The summed E-state index contributed by atoms with van der Waals surface area (Å²) in [6.07, 6.45) is 1.47. The van der Waals surface area contributed by atoms with Gasteiger partial charge in [0.05, 0.1) is 31.1 Å². The van der Waals surface area contributed by atoms with Gasteiger partial charge >= 0.3 is 0 Å². The number of aliphatic hydroxyl groups excluding tert-OH is 1. The molecule has 3 aromatic rings. The van der Waals surface area contributed by atoms with Crippen LogP contribution in [0.2, 0.25) is 0 Å². The molecule has 1 amide bonds. The molecule has 2 aromatic carbocycles. The molecule has 4 rings (SSSR count). The molecule has 7 heteroatoms. The molecule has 2 heterocycles. The third-order valence-electron chi connectivity index (χ3n) is 6.00. The molecular formula is C28H29NO6. The zero-order chi connectivity index (χ0) is 25.3.